The standard InChI is InChI=1S/C13H15FN2O/c1-8(2)11(7-15)16-13(17)10-6-4-5-9(3)12(10)14/h4-6,8,11H,1-3H3,(H,16,17). The van der Waals surface area contributed by atoms with Crippen molar-refractivity contribution in [3.05, 3.63) is 35.1 Å². The number of hydrogen-bond donors (Lipinski definition) is 1. The van der Waals surface area contributed by atoms with Gasteiger partial charge in [-0.3, -0.25) is 4.79 Å². The summed E-state index contributed by atoms with van der Waals surface area (Å²) in [6, 6.07) is 5.99. The van der Waals surface area contributed by atoms with Crippen molar-refractivity contribution < 1.29 is 9.18 Å². The fourth-order valence-electron chi connectivity index (χ4n) is 1.39. The van der Waals surface area contributed by atoms with E-state index in [2.05, 4.69) is 5.32 Å². The summed E-state index contributed by atoms with van der Waals surface area (Å²) >= 11 is 0. The molecule has 0 saturated heterocycles. The first kappa shape index (κ1) is 13.2. The van der Waals surface area contributed by atoms with Crippen LogP contribution in [-0.2, 0) is 0 Å². The maximum Gasteiger partial charge on any atom is 0.255 e. The minimum Gasteiger partial charge on any atom is -0.336 e. The number of hydrogen-bond acceptors (Lipinski definition) is 2. The second-order valence-electron chi connectivity index (χ2n) is 4.26. The van der Waals surface area contributed by atoms with E-state index < -0.39 is 17.8 Å². The van der Waals surface area contributed by atoms with Crippen LogP contribution in [-0.4, -0.2) is 11.9 Å². The van der Waals surface area contributed by atoms with Crippen LogP contribution >= 0.6 is 0 Å². The second kappa shape index (κ2) is 5.44. The van der Waals surface area contributed by atoms with Crippen molar-refractivity contribution in [1.29, 1.82) is 5.26 Å². The average Bonchev–Trinajstić information content (AvgIpc) is 2.28. The van der Waals surface area contributed by atoms with Crippen LogP contribution in [0, 0.1) is 30.0 Å². The van der Waals surface area contributed by atoms with E-state index in [4.69, 9.17) is 5.26 Å². The Kier molecular flexibility index (Phi) is 4.22. The van der Waals surface area contributed by atoms with E-state index in [0.29, 0.717) is 5.56 Å². The van der Waals surface area contributed by atoms with Crippen LogP contribution < -0.4 is 5.32 Å². The zero-order valence-electron chi connectivity index (χ0n) is 10.1. The summed E-state index contributed by atoms with van der Waals surface area (Å²) in [6.07, 6.45) is 0. The average molecular weight is 234 g/mol. The molecule has 0 spiro atoms. The molecule has 90 valence electrons. The van der Waals surface area contributed by atoms with E-state index in [0.717, 1.165) is 0 Å². The number of nitrogens with one attached hydrogen (secondary N) is 1. The van der Waals surface area contributed by atoms with Gasteiger partial charge in [0.25, 0.3) is 5.91 Å². The van der Waals surface area contributed by atoms with Crippen molar-refractivity contribution in [1.82, 2.24) is 5.32 Å². The molecule has 1 amide bonds. The Labute approximate surface area is 100 Å². The zero-order valence-corrected chi connectivity index (χ0v) is 10.1. The third-order valence-electron chi connectivity index (χ3n) is 2.53. The molecule has 0 fully saturated rings. The summed E-state index contributed by atoms with van der Waals surface area (Å²) in [5, 5.41) is 11.4. The first-order valence-electron chi connectivity index (χ1n) is 5.43. The molecule has 1 unspecified atom stereocenters. The van der Waals surface area contributed by atoms with Crippen molar-refractivity contribution in [2.45, 2.75) is 26.8 Å². The van der Waals surface area contributed by atoms with Crippen molar-refractivity contribution in [2.75, 3.05) is 0 Å². The highest BCUT2D eigenvalue weighted by Crippen LogP contribution is 2.12. The SMILES string of the molecule is Cc1cccc(C(=O)NC(C#N)C(C)C)c1F. The molecular formula is C13H15FN2O. The molecule has 1 N–H and O–H groups in total. The number of nitrogens with zero attached hydrogens (tertiary/aromatic N) is 1. The Bertz CT molecular complexity index is 463. The van der Waals surface area contributed by atoms with Gasteiger partial charge in [0.1, 0.15) is 11.9 Å². The van der Waals surface area contributed by atoms with Gasteiger partial charge in [0.05, 0.1) is 11.6 Å². The molecule has 0 radical (unpaired) electrons. The van der Waals surface area contributed by atoms with Gasteiger partial charge in [-0.05, 0) is 24.5 Å². The third-order valence-corrected chi connectivity index (χ3v) is 2.53. The minimum atomic E-state index is -0.609. The Balaban J connectivity index is 2.91. The number of carbonyl (C=O) groups excluding carboxylic acids is 1. The number of halogens is 1. The lowest BCUT2D eigenvalue weighted by atomic mass is 10.0. The second-order valence-corrected chi connectivity index (χ2v) is 4.26. The fraction of sp³-hybridized carbons (Fsp3) is 0.385. The normalized spacial score (nSPS) is 12.0. The predicted molar refractivity (Wildman–Crippen MR) is 62.8 cm³/mol. The first-order chi connectivity index (χ1) is 7.97. The molecule has 4 heteroatoms. The molecule has 0 aromatic heterocycles. The molecular weight excluding hydrogens is 219 g/mol. The molecule has 0 heterocycles. The Morgan fingerprint density at radius 1 is 1.47 bits per heavy atom. The fourth-order valence-corrected chi connectivity index (χ4v) is 1.39. The van der Waals surface area contributed by atoms with Crippen LogP contribution in [0.25, 0.3) is 0 Å². The van der Waals surface area contributed by atoms with E-state index in [-0.39, 0.29) is 11.5 Å². The summed E-state index contributed by atoms with van der Waals surface area (Å²) in [5.74, 6) is -1.10. The summed E-state index contributed by atoms with van der Waals surface area (Å²) in [7, 11) is 0. The van der Waals surface area contributed by atoms with Crippen LogP contribution in [0.3, 0.4) is 0 Å². The molecule has 1 atom stereocenters. The van der Waals surface area contributed by atoms with Crippen molar-refractivity contribution in [3.8, 4) is 6.07 Å². The number of rotatable bonds is 3. The maximum atomic E-state index is 13.7. The summed E-state index contributed by atoms with van der Waals surface area (Å²) in [5.41, 5.74) is 0.390. The van der Waals surface area contributed by atoms with Gasteiger partial charge in [-0.2, -0.15) is 5.26 Å². The molecule has 0 aliphatic carbocycles. The molecule has 1 aromatic carbocycles. The van der Waals surface area contributed by atoms with Gasteiger partial charge in [-0.25, -0.2) is 4.39 Å². The van der Waals surface area contributed by atoms with Crippen LogP contribution in [0.2, 0.25) is 0 Å². The van der Waals surface area contributed by atoms with E-state index in [1.54, 1.807) is 19.1 Å². The van der Waals surface area contributed by atoms with Gasteiger partial charge in [-0.1, -0.05) is 26.0 Å². The molecule has 1 aromatic rings. The molecule has 0 bridgehead atoms. The van der Waals surface area contributed by atoms with Crippen LogP contribution in [0.1, 0.15) is 29.8 Å². The monoisotopic (exact) mass is 234 g/mol. The topological polar surface area (TPSA) is 52.9 Å². The third kappa shape index (κ3) is 3.04. The smallest absolute Gasteiger partial charge is 0.255 e. The molecule has 3 nitrogen and oxygen atoms in total. The Morgan fingerprint density at radius 2 is 2.12 bits per heavy atom. The van der Waals surface area contributed by atoms with Gasteiger partial charge in [0, 0.05) is 0 Å². The lowest BCUT2D eigenvalue weighted by Crippen LogP contribution is -2.37. The van der Waals surface area contributed by atoms with Gasteiger partial charge < -0.3 is 5.32 Å². The van der Waals surface area contributed by atoms with E-state index >= 15 is 0 Å². The van der Waals surface area contributed by atoms with Gasteiger partial charge in [0.15, 0.2) is 0 Å². The lowest BCUT2D eigenvalue weighted by molar-refractivity contribution is 0.0933. The number of amides is 1. The van der Waals surface area contributed by atoms with Gasteiger partial charge in [-0.15, -0.1) is 0 Å². The highest BCUT2D eigenvalue weighted by atomic mass is 19.1. The van der Waals surface area contributed by atoms with Gasteiger partial charge in [0.2, 0.25) is 0 Å². The largest absolute Gasteiger partial charge is 0.336 e. The van der Waals surface area contributed by atoms with E-state index in [1.165, 1.54) is 6.07 Å². The van der Waals surface area contributed by atoms with E-state index in [9.17, 15) is 9.18 Å². The van der Waals surface area contributed by atoms with Crippen LogP contribution in [0.5, 0.6) is 0 Å². The Hall–Kier alpha value is -1.89. The van der Waals surface area contributed by atoms with Gasteiger partial charge >= 0.3 is 0 Å². The number of aryl methyl sites for hydroxylation is 1. The molecule has 0 aliphatic heterocycles. The number of nitriles is 1. The lowest BCUT2D eigenvalue weighted by Gasteiger charge is -2.15. The molecule has 17 heavy (non-hydrogen) atoms. The van der Waals surface area contributed by atoms with Crippen molar-refractivity contribution in [2.24, 2.45) is 5.92 Å². The predicted octanol–water partition coefficient (Wildman–Crippen LogP) is 2.41. The highest BCUT2D eigenvalue weighted by Gasteiger charge is 2.19. The summed E-state index contributed by atoms with van der Waals surface area (Å²) in [4.78, 5) is 11.8. The Morgan fingerprint density at radius 3 is 2.65 bits per heavy atom. The minimum absolute atomic E-state index is 0.0168. The van der Waals surface area contributed by atoms with E-state index in [1.807, 2.05) is 19.9 Å². The number of benzene rings is 1. The summed E-state index contributed by atoms with van der Waals surface area (Å²) in [6.45, 7) is 5.23. The molecule has 0 aliphatic rings. The summed E-state index contributed by atoms with van der Waals surface area (Å²) < 4.78 is 13.7. The van der Waals surface area contributed by atoms with Crippen LogP contribution in [0.15, 0.2) is 18.2 Å². The van der Waals surface area contributed by atoms with Crippen molar-refractivity contribution >= 4 is 5.91 Å². The quantitative estimate of drug-likeness (QED) is 0.873. The van der Waals surface area contributed by atoms with Crippen molar-refractivity contribution in [3.63, 3.8) is 0 Å². The molecule has 1 rings (SSSR count). The first-order valence-corrected chi connectivity index (χ1v) is 5.43. The zero-order chi connectivity index (χ0) is 13.0. The van der Waals surface area contributed by atoms with Crippen LogP contribution in [0.4, 0.5) is 4.39 Å². The molecule has 0 saturated carbocycles. The number of carbonyl (C=O) groups is 1. The maximum absolute atomic E-state index is 13.7. The highest BCUT2D eigenvalue weighted by molar-refractivity contribution is 5.95.